The number of hydrogen-bond acceptors (Lipinski definition) is 2. The lowest BCUT2D eigenvalue weighted by atomic mass is 10.2. The Morgan fingerprint density at radius 2 is 2.44 bits per heavy atom. The minimum absolute atomic E-state index is 0.212. The zero-order valence-corrected chi connectivity index (χ0v) is 7.09. The van der Waals surface area contributed by atoms with Crippen molar-refractivity contribution in [2.24, 2.45) is 4.99 Å². The van der Waals surface area contributed by atoms with Crippen molar-refractivity contribution in [1.82, 2.24) is 0 Å². The number of thioether (sulfide) groups is 1. The minimum atomic E-state index is 0.212. The fourth-order valence-electron chi connectivity index (χ4n) is 0.909. The Kier molecular flexibility index (Phi) is 1.85. The van der Waals surface area contributed by atoms with Gasteiger partial charge in [0.15, 0.2) is 0 Å². The van der Waals surface area contributed by atoms with Crippen LogP contribution in [0, 0.1) is 0 Å². The van der Waals surface area contributed by atoms with Crippen LogP contribution in [0.15, 0.2) is 4.99 Å². The summed E-state index contributed by atoms with van der Waals surface area (Å²) in [6.45, 7) is 6.50. The Balaban J connectivity index is 2.64. The van der Waals surface area contributed by atoms with E-state index in [-0.39, 0.29) is 4.87 Å². The molecule has 2 heteroatoms. The Hall–Kier alpha value is 0.0200. The molecular weight excluding hydrogens is 130 g/mol. The molecule has 0 amide bonds. The monoisotopic (exact) mass is 143 g/mol. The fourth-order valence-corrected chi connectivity index (χ4v) is 1.92. The molecule has 0 aromatic heterocycles. The van der Waals surface area contributed by atoms with Gasteiger partial charge in [-0.05, 0) is 20.3 Å². The van der Waals surface area contributed by atoms with Crippen LogP contribution in [-0.4, -0.2) is 16.3 Å². The van der Waals surface area contributed by atoms with Crippen molar-refractivity contribution in [3.05, 3.63) is 0 Å². The lowest BCUT2D eigenvalue weighted by Crippen LogP contribution is -2.10. The Morgan fingerprint density at radius 3 is 2.67 bits per heavy atom. The zero-order chi connectivity index (χ0) is 6.91. The molecule has 0 spiro atoms. The maximum Gasteiger partial charge on any atom is 0.103 e. The smallest absolute Gasteiger partial charge is 0.103 e. The molecular formula is C7H13NS. The van der Waals surface area contributed by atoms with E-state index in [1.54, 1.807) is 0 Å². The molecule has 0 saturated heterocycles. The lowest BCUT2D eigenvalue weighted by Gasteiger charge is -2.15. The van der Waals surface area contributed by atoms with Gasteiger partial charge in [-0.15, -0.1) is 11.8 Å². The van der Waals surface area contributed by atoms with Gasteiger partial charge < -0.3 is 0 Å². The van der Waals surface area contributed by atoms with Crippen molar-refractivity contribution in [2.75, 3.05) is 5.75 Å². The molecule has 1 aliphatic rings. The normalized spacial score (nSPS) is 34.8. The summed E-state index contributed by atoms with van der Waals surface area (Å²) in [6.07, 6.45) is 1.15. The maximum absolute atomic E-state index is 4.52. The van der Waals surface area contributed by atoms with Gasteiger partial charge in [0.1, 0.15) is 4.87 Å². The van der Waals surface area contributed by atoms with Gasteiger partial charge in [0.2, 0.25) is 0 Å². The number of rotatable bonds is 1. The first-order chi connectivity index (χ1) is 4.16. The van der Waals surface area contributed by atoms with Gasteiger partial charge in [-0.25, -0.2) is 0 Å². The van der Waals surface area contributed by atoms with Gasteiger partial charge in [0, 0.05) is 11.5 Å². The maximum atomic E-state index is 4.52. The van der Waals surface area contributed by atoms with Crippen molar-refractivity contribution in [2.45, 2.75) is 32.1 Å². The average molecular weight is 143 g/mol. The number of hydrogen-bond donors (Lipinski definition) is 0. The second-order valence-corrected chi connectivity index (χ2v) is 4.12. The molecule has 1 nitrogen and oxygen atoms in total. The molecule has 1 heterocycles. The molecule has 0 saturated carbocycles. The van der Waals surface area contributed by atoms with E-state index >= 15 is 0 Å². The van der Waals surface area contributed by atoms with Crippen LogP contribution in [0.5, 0.6) is 0 Å². The highest BCUT2D eigenvalue weighted by Gasteiger charge is 2.26. The first kappa shape index (κ1) is 7.13. The molecule has 0 bridgehead atoms. The molecule has 0 fully saturated rings. The van der Waals surface area contributed by atoms with Gasteiger partial charge >= 0.3 is 0 Å². The van der Waals surface area contributed by atoms with Crippen LogP contribution in [0.4, 0.5) is 0 Å². The summed E-state index contributed by atoms with van der Waals surface area (Å²) in [5, 5.41) is 0. The Morgan fingerprint density at radius 1 is 1.78 bits per heavy atom. The van der Waals surface area contributed by atoms with E-state index in [4.69, 9.17) is 0 Å². The highest BCUT2D eigenvalue weighted by molar-refractivity contribution is 8.01. The van der Waals surface area contributed by atoms with E-state index in [9.17, 15) is 0 Å². The van der Waals surface area contributed by atoms with Gasteiger partial charge in [-0.3, -0.25) is 4.99 Å². The van der Waals surface area contributed by atoms with Crippen LogP contribution in [0.1, 0.15) is 27.2 Å². The summed E-state index contributed by atoms with van der Waals surface area (Å²) in [5.41, 5.74) is 1.30. The van der Waals surface area contributed by atoms with Crippen molar-refractivity contribution in [3.63, 3.8) is 0 Å². The number of nitrogens with zero attached hydrogens (tertiary/aromatic N) is 1. The lowest BCUT2D eigenvalue weighted by molar-refractivity contribution is 0.663. The molecule has 0 aromatic carbocycles. The first-order valence-corrected chi connectivity index (χ1v) is 4.34. The van der Waals surface area contributed by atoms with Crippen LogP contribution in [0.3, 0.4) is 0 Å². The largest absolute Gasteiger partial charge is 0.276 e. The summed E-state index contributed by atoms with van der Waals surface area (Å²) < 4.78 is 0. The molecule has 0 aliphatic carbocycles. The molecule has 9 heavy (non-hydrogen) atoms. The molecule has 1 rings (SSSR count). The molecule has 0 radical (unpaired) electrons. The summed E-state index contributed by atoms with van der Waals surface area (Å²) in [5.74, 6) is 1.13. The minimum Gasteiger partial charge on any atom is -0.276 e. The molecule has 1 unspecified atom stereocenters. The quantitative estimate of drug-likeness (QED) is 0.548. The van der Waals surface area contributed by atoms with Gasteiger partial charge in [-0.2, -0.15) is 0 Å². The summed E-state index contributed by atoms with van der Waals surface area (Å²) >= 11 is 1.95. The van der Waals surface area contributed by atoms with E-state index in [0.717, 1.165) is 12.2 Å². The third-order valence-corrected chi connectivity index (χ3v) is 3.24. The summed E-state index contributed by atoms with van der Waals surface area (Å²) in [4.78, 5) is 4.73. The number of aliphatic imine (C=N–C) groups is 1. The average Bonchev–Trinajstić information content (AvgIpc) is 2.13. The Bertz CT molecular complexity index is 142. The second-order valence-electron chi connectivity index (χ2n) is 2.66. The van der Waals surface area contributed by atoms with E-state index in [0.29, 0.717) is 0 Å². The summed E-state index contributed by atoms with van der Waals surface area (Å²) in [7, 11) is 0. The zero-order valence-electron chi connectivity index (χ0n) is 6.27. The van der Waals surface area contributed by atoms with E-state index in [1.165, 1.54) is 5.71 Å². The topological polar surface area (TPSA) is 12.4 Å². The van der Waals surface area contributed by atoms with Crippen LogP contribution in [0.2, 0.25) is 0 Å². The van der Waals surface area contributed by atoms with Crippen LogP contribution >= 0.6 is 11.8 Å². The van der Waals surface area contributed by atoms with E-state index in [2.05, 4.69) is 25.8 Å². The van der Waals surface area contributed by atoms with E-state index in [1.807, 2.05) is 11.8 Å². The predicted octanol–water partition coefficient (Wildman–Crippen LogP) is 2.32. The van der Waals surface area contributed by atoms with Gasteiger partial charge in [0.25, 0.3) is 0 Å². The molecule has 0 N–H and O–H groups in total. The molecule has 1 atom stereocenters. The highest BCUT2D eigenvalue weighted by Crippen LogP contribution is 2.34. The standard InChI is InChI=1S/C7H13NS/c1-4-7(3)8-6(2)5-9-7/h4-5H2,1-3H3. The first-order valence-electron chi connectivity index (χ1n) is 3.35. The van der Waals surface area contributed by atoms with Crippen molar-refractivity contribution >= 4 is 17.5 Å². The van der Waals surface area contributed by atoms with Crippen molar-refractivity contribution in [3.8, 4) is 0 Å². The van der Waals surface area contributed by atoms with Gasteiger partial charge in [-0.1, -0.05) is 6.92 Å². The van der Waals surface area contributed by atoms with Crippen LogP contribution in [-0.2, 0) is 0 Å². The van der Waals surface area contributed by atoms with Crippen molar-refractivity contribution < 1.29 is 0 Å². The molecule has 52 valence electrons. The second kappa shape index (κ2) is 2.33. The van der Waals surface area contributed by atoms with Crippen LogP contribution < -0.4 is 0 Å². The van der Waals surface area contributed by atoms with Gasteiger partial charge in [0.05, 0.1) is 0 Å². The molecule has 0 aromatic rings. The predicted molar refractivity (Wildman–Crippen MR) is 44.3 cm³/mol. The Labute approximate surface area is 60.9 Å². The summed E-state index contributed by atoms with van der Waals surface area (Å²) in [6, 6.07) is 0. The third-order valence-electron chi connectivity index (χ3n) is 1.68. The SMILES string of the molecule is CCC1(C)N=C(C)CS1. The van der Waals surface area contributed by atoms with Crippen LogP contribution in [0.25, 0.3) is 0 Å². The fraction of sp³-hybridized carbons (Fsp3) is 0.857. The third kappa shape index (κ3) is 1.48. The van der Waals surface area contributed by atoms with Crippen molar-refractivity contribution in [1.29, 1.82) is 0 Å². The highest BCUT2D eigenvalue weighted by atomic mass is 32.2. The molecule has 1 aliphatic heterocycles. The van der Waals surface area contributed by atoms with E-state index < -0.39 is 0 Å².